The highest BCUT2D eigenvalue weighted by Crippen LogP contribution is 2.24. The molecule has 1 amide bonds. The van der Waals surface area contributed by atoms with Crippen LogP contribution in [0.2, 0.25) is 5.02 Å². The fraction of sp³-hybridized carbons (Fsp3) is 0.533. The Hall–Kier alpha value is -1.30. The molecule has 0 aromatic heterocycles. The van der Waals surface area contributed by atoms with Crippen molar-refractivity contribution in [2.75, 3.05) is 38.5 Å². The highest BCUT2D eigenvalue weighted by atomic mass is 35.5. The number of nitrogens with two attached hydrogens (primary N) is 1. The number of rotatable bonds is 3. The van der Waals surface area contributed by atoms with Crippen molar-refractivity contribution >= 4 is 23.2 Å². The molecular weight excluding hydrogens is 290 g/mol. The fourth-order valence-corrected chi connectivity index (χ4v) is 2.75. The second-order valence-electron chi connectivity index (χ2n) is 6.09. The number of benzene rings is 1. The van der Waals surface area contributed by atoms with Crippen LogP contribution in [0.4, 0.5) is 5.69 Å². The van der Waals surface area contributed by atoms with Gasteiger partial charge in [0.2, 0.25) is 0 Å². The number of piperazine rings is 1. The Morgan fingerprint density at radius 3 is 2.52 bits per heavy atom. The molecule has 5 nitrogen and oxygen atoms in total. The van der Waals surface area contributed by atoms with E-state index in [4.69, 9.17) is 17.3 Å². The van der Waals surface area contributed by atoms with E-state index in [0.29, 0.717) is 35.9 Å². The van der Waals surface area contributed by atoms with E-state index < -0.39 is 5.60 Å². The van der Waals surface area contributed by atoms with Crippen molar-refractivity contribution < 1.29 is 9.90 Å². The van der Waals surface area contributed by atoms with Gasteiger partial charge in [-0.15, -0.1) is 0 Å². The Kier molecular flexibility index (Phi) is 4.76. The summed E-state index contributed by atoms with van der Waals surface area (Å²) in [6, 6.07) is 5.11. The Labute approximate surface area is 130 Å². The molecule has 1 fully saturated rings. The van der Waals surface area contributed by atoms with Crippen LogP contribution in [-0.2, 0) is 0 Å². The summed E-state index contributed by atoms with van der Waals surface area (Å²) in [5.74, 6) is -0.0878. The van der Waals surface area contributed by atoms with E-state index in [9.17, 15) is 9.90 Å². The van der Waals surface area contributed by atoms with Crippen LogP contribution < -0.4 is 5.73 Å². The average Bonchev–Trinajstić information content (AvgIpc) is 2.40. The van der Waals surface area contributed by atoms with Gasteiger partial charge in [-0.25, -0.2) is 0 Å². The molecule has 1 saturated heterocycles. The smallest absolute Gasteiger partial charge is 0.255 e. The van der Waals surface area contributed by atoms with Crippen LogP contribution in [0.3, 0.4) is 0 Å². The summed E-state index contributed by atoms with van der Waals surface area (Å²) >= 11 is 6.11. The van der Waals surface area contributed by atoms with E-state index in [2.05, 4.69) is 4.90 Å². The molecule has 0 spiro atoms. The van der Waals surface area contributed by atoms with Gasteiger partial charge in [0.15, 0.2) is 0 Å². The Balaban J connectivity index is 1.99. The van der Waals surface area contributed by atoms with Crippen molar-refractivity contribution in [1.29, 1.82) is 0 Å². The summed E-state index contributed by atoms with van der Waals surface area (Å²) in [7, 11) is 0. The molecule has 0 radical (unpaired) electrons. The molecule has 1 heterocycles. The lowest BCUT2D eigenvalue weighted by Crippen LogP contribution is -2.52. The number of amides is 1. The van der Waals surface area contributed by atoms with Gasteiger partial charge in [-0.2, -0.15) is 0 Å². The lowest BCUT2D eigenvalue weighted by molar-refractivity contribution is 0.0178. The number of β-amino-alcohol motifs (C(OH)–C–C–N with tert-alkyl or cyclic N) is 1. The van der Waals surface area contributed by atoms with Crippen LogP contribution in [0.1, 0.15) is 24.2 Å². The van der Waals surface area contributed by atoms with Gasteiger partial charge < -0.3 is 15.7 Å². The highest BCUT2D eigenvalue weighted by molar-refractivity contribution is 6.36. The van der Waals surface area contributed by atoms with E-state index in [1.165, 1.54) is 0 Å². The number of carbonyl (C=O) groups is 1. The molecule has 3 N–H and O–H groups in total. The molecule has 1 aromatic carbocycles. The van der Waals surface area contributed by atoms with Crippen LogP contribution >= 0.6 is 11.6 Å². The maximum Gasteiger partial charge on any atom is 0.255 e. The first kappa shape index (κ1) is 16.1. The van der Waals surface area contributed by atoms with Gasteiger partial charge >= 0.3 is 0 Å². The number of hydrogen-bond donors (Lipinski definition) is 2. The summed E-state index contributed by atoms with van der Waals surface area (Å²) in [5, 5.41) is 10.2. The molecule has 1 aliphatic rings. The normalized spacial score (nSPS) is 17.0. The van der Waals surface area contributed by atoms with Crippen molar-refractivity contribution in [1.82, 2.24) is 9.80 Å². The van der Waals surface area contributed by atoms with Gasteiger partial charge in [0.05, 0.1) is 21.9 Å². The van der Waals surface area contributed by atoms with Crippen molar-refractivity contribution in [3.8, 4) is 0 Å². The number of hydrogen-bond acceptors (Lipinski definition) is 4. The number of halogens is 1. The first-order valence-electron chi connectivity index (χ1n) is 7.06. The molecule has 6 heteroatoms. The van der Waals surface area contributed by atoms with Gasteiger partial charge in [0.1, 0.15) is 0 Å². The average molecular weight is 312 g/mol. The maximum absolute atomic E-state index is 12.5. The minimum atomic E-state index is -0.719. The van der Waals surface area contributed by atoms with Crippen molar-refractivity contribution in [3.63, 3.8) is 0 Å². The summed E-state index contributed by atoms with van der Waals surface area (Å²) in [4.78, 5) is 16.4. The largest absolute Gasteiger partial charge is 0.398 e. The number of nitrogen functional groups attached to an aromatic ring is 1. The summed E-state index contributed by atoms with van der Waals surface area (Å²) in [6.45, 7) is 6.92. The second-order valence-corrected chi connectivity index (χ2v) is 6.47. The predicted molar refractivity (Wildman–Crippen MR) is 84.5 cm³/mol. The third-order valence-corrected chi connectivity index (χ3v) is 3.95. The molecule has 2 rings (SSSR count). The molecule has 1 aromatic rings. The van der Waals surface area contributed by atoms with Crippen LogP contribution in [0.5, 0.6) is 0 Å². The minimum Gasteiger partial charge on any atom is -0.398 e. The Morgan fingerprint density at radius 1 is 1.33 bits per heavy atom. The topological polar surface area (TPSA) is 69.8 Å². The molecule has 116 valence electrons. The zero-order chi connectivity index (χ0) is 15.6. The fourth-order valence-electron chi connectivity index (χ4n) is 2.54. The van der Waals surface area contributed by atoms with E-state index in [1.54, 1.807) is 36.9 Å². The van der Waals surface area contributed by atoms with Crippen molar-refractivity contribution in [3.05, 3.63) is 28.8 Å². The van der Waals surface area contributed by atoms with Gasteiger partial charge in [-0.1, -0.05) is 17.7 Å². The monoisotopic (exact) mass is 311 g/mol. The molecule has 1 aliphatic heterocycles. The van der Waals surface area contributed by atoms with Crippen LogP contribution in [0, 0.1) is 0 Å². The quantitative estimate of drug-likeness (QED) is 0.829. The first-order chi connectivity index (χ1) is 9.78. The molecule has 0 unspecified atom stereocenters. The van der Waals surface area contributed by atoms with Crippen LogP contribution in [-0.4, -0.2) is 59.1 Å². The third-order valence-electron chi connectivity index (χ3n) is 3.53. The summed E-state index contributed by atoms with van der Waals surface area (Å²) in [5.41, 5.74) is 5.89. The number of carbonyl (C=O) groups excluding carboxylic acids is 1. The number of nitrogens with zero attached hydrogens (tertiary/aromatic N) is 2. The highest BCUT2D eigenvalue weighted by Gasteiger charge is 2.26. The minimum absolute atomic E-state index is 0.0878. The predicted octanol–water partition coefficient (Wildman–Crippen LogP) is 1.45. The molecule has 0 saturated carbocycles. The maximum atomic E-state index is 12.5. The first-order valence-corrected chi connectivity index (χ1v) is 7.44. The molecule has 0 atom stereocenters. The second kappa shape index (κ2) is 6.22. The van der Waals surface area contributed by atoms with Crippen LogP contribution in [0.15, 0.2) is 18.2 Å². The SMILES string of the molecule is CC(C)(O)CN1CCN(C(=O)c2cccc(N)c2Cl)CC1. The lowest BCUT2D eigenvalue weighted by atomic mass is 10.1. The van der Waals surface area contributed by atoms with Crippen molar-refractivity contribution in [2.45, 2.75) is 19.4 Å². The van der Waals surface area contributed by atoms with Crippen molar-refractivity contribution in [2.24, 2.45) is 0 Å². The molecular formula is C15H22ClN3O2. The molecule has 21 heavy (non-hydrogen) atoms. The van der Waals surface area contributed by atoms with E-state index in [1.807, 2.05) is 0 Å². The van der Waals surface area contributed by atoms with E-state index in [0.717, 1.165) is 13.1 Å². The van der Waals surface area contributed by atoms with Gasteiger partial charge in [0.25, 0.3) is 5.91 Å². The molecule has 0 aliphatic carbocycles. The van der Waals surface area contributed by atoms with E-state index >= 15 is 0 Å². The van der Waals surface area contributed by atoms with Gasteiger partial charge in [-0.05, 0) is 26.0 Å². The third kappa shape index (κ3) is 4.09. The standard InChI is InChI=1S/C15H22ClN3O2/c1-15(2,21)10-18-6-8-19(9-7-18)14(20)11-4-3-5-12(17)13(11)16/h3-5,21H,6-10,17H2,1-2H3. The Bertz CT molecular complexity index is 520. The zero-order valence-corrected chi connectivity index (χ0v) is 13.2. The number of aliphatic hydroxyl groups is 1. The van der Waals surface area contributed by atoms with Gasteiger partial charge in [-0.3, -0.25) is 9.69 Å². The molecule has 0 bridgehead atoms. The van der Waals surface area contributed by atoms with Gasteiger partial charge in [0, 0.05) is 32.7 Å². The van der Waals surface area contributed by atoms with Crippen LogP contribution in [0.25, 0.3) is 0 Å². The summed E-state index contributed by atoms with van der Waals surface area (Å²) in [6.07, 6.45) is 0. The number of anilines is 1. The summed E-state index contributed by atoms with van der Waals surface area (Å²) < 4.78 is 0. The zero-order valence-electron chi connectivity index (χ0n) is 12.5. The Morgan fingerprint density at radius 2 is 1.95 bits per heavy atom. The van der Waals surface area contributed by atoms with E-state index in [-0.39, 0.29) is 5.91 Å². The lowest BCUT2D eigenvalue weighted by Gasteiger charge is -2.37.